The van der Waals surface area contributed by atoms with Crippen molar-refractivity contribution in [3.05, 3.63) is 65.1 Å². The molecule has 1 atom stereocenters. The van der Waals surface area contributed by atoms with Crippen LogP contribution in [0.25, 0.3) is 10.9 Å². The average molecular weight is 552 g/mol. The molecule has 2 N–H and O–H groups in total. The van der Waals surface area contributed by atoms with Gasteiger partial charge in [-0.2, -0.15) is 0 Å². The summed E-state index contributed by atoms with van der Waals surface area (Å²) in [4.78, 5) is 18.5. The predicted octanol–water partition coefficient (Wildman–Crippen LogP) is 6.20. The summed E-state index contributed by atoms with van der Waals surface area (Å²) < 4.78 is 75.3. The number of alkyl halides is 2. The van der Waals surface area contributed by atoms with Crippen LogP contribution in [-0.2, 0) is 11.5 Å². The normalized spacial score (nSPS) is 16.3. The lowest BCUT2D eigenvalue weighted by molar-refractivity contribution is -0.153. The Hall–Kier alpha value is -3.47. The molecular formula is C28H30F5N3O3. The van der Waals surface area contributed by atoms with E-state index in [1.165, 1.54) is 13.3 Å². The van der Waals surface area contributed by atoms with Gasteiger partial charge in [-0.05, 0) is 57.0 Å². The van der Waals surface area contributed by atoms with Crippen molar-refractivity contribution in [3.8, 4) is 5.75 Å². The Labute approximate surface area is 222 Å². The molecule has 11 heteroatoms. The van der Waals surface area contributed by atoms with E-state index in [4.69, 9.17) is 4.74 Å². The van der Waals surface area contributed by atoms with Crippen LogP contribution in [0.4, 0.5) is 27.6 Å². The third kappa shape index (κ3) is 6.24. The maximum atomic E-state index is 15.7. The highest BCUT2D eigenvalue weighted by molar-refractivity contribution is 5.85. The Morgan fingerprint density at radius 1 is 1.21 bits per heavy atom. The van der Waals surface area contributed by atoms with Crippen LogP contribution in [0.15, 0.2) is 36.5 Å². The zero-order chi connectivity index (χ0) is 28.2. The Morgan fingerprint density at radius 2 is 1.95 bits per heavy atom. The first-order valence-corrected chi connectivity index (χ1v) is 12.7. The summed E-state index contributed by atoms with van der Waals surface area (Å²) in [6, 6.07) is 6.28. The van der Waals surface area contributed by atoms with Gasteiger partial charge >= 0.3 is 5.97 Å². The second-order valence-electron chi connectivity index (χ2n) is 9.82. The minimum atomic E-state index is -1.60. The number of likely N-dealkylation sites (tertiary alicyclic amines) is 1. The van der Waals surface area contributed by atoms with Crippen LogP contribution in [0.5, 0.6) is 5.75 Å². The van der Waals surface area contributed by atoms with Crippen molar-refractivity contribution in [3.63, 3.8) is 0 Å². The number of carboxylic acid groups (broad SMARTS) is 1. The van der Waals surface area contributed by atoms with Crippen molar-refractivity contribution in [1.82, 2.24) is 9.88 Å². The van der Waals surface area contributed by atoms with E-state index in [0.29, 0.717) is 42.4 Å². The van der Waals surface area contributed by atoms with E-state index in [2.05, 4.69) is 10.3 Å². The number of pyridine rings is 1. The third-order valence-electron chi connectivity index (χ3n) is 7.54. The number of aromatic nitrogens is 1. The van der Waals surface area contributed by atoms with Crippen molar-refractivity contribution in [1.29, 1.82) is 0 Å². The second-order valence-corrected chi connectivity index (χ2v) is 9.82. The zero-order valence-electron chi connectivity index (χ0n) is 21.5. The Kier molecular flexibility index (Phi) is 8.89. The van der Waals surface area contributed by atoms with Crippen LogP contribution in [0.2, 0.25) is 0 Å². The van der Waals surface area contributed by atoms with Gasteiger partial charge in [0.15, 0.2) is 11.6 Å². The summed E-state index contributed by atoms with van der Waals surface area (Å²) in [7, 11) is 1.47. The number of methoxy groups -OCH3 is 1. The van der Waals surface area contributed by atoms with Crippen molar-refractivity contribution in [2.24, 2.45) is 5.41 Å². The van der Waals surface area contributed by atoms with E-state index >= 15 is 4.39 Å². The minimum absolute atomic E-state index is 0.0584. The predicted molar refractivity (Wildman–Crippen MR) is 137 cm³/mol. The molecule has 1 aliphatic rings. The summed E-state index contributed by atoms with van der Waals surface area (Å²) in [6.07, 6.45) is 0.177. The fraction of sp³-hybridized carbons (Fsp3) is 0.429. The number of fused-ring (bicyclic) bond motifs is 1. The fourth-order valence-corrected chi connectivity index (χ4v) is 5.19. The van der Waals surface area contributed by atoms with E-state index in [1.54, 1.807) is 18.2 Å². The lowest BCUT2D eigenvalue weighted by Gasteiger charge is -2.39. The molecule has 39 heavy (non-hydrogen) atoms. The lowest BCUT2D eigenvalue weighted by Crippen LogP contribution is -2.45. The maximum absolute atomic E-state index is 15.7. The molecule has 0 bridgehead atoms. The number of aliphatic carboxylic acids is 1. The number of piperidine rings is 1. The van der Waals surface area contributed by atoms with Crippen molar-refractivity contribution in [2.45, 2.75) is 38.5 Å². The summed E-state index contributed by atoms with van der Waals surface area (Å²) in [5, 5.41) is 13.2. The molecule has 1 saturated heterocycles. The Balaban J connectivity index is 1.39. The summed E-state index contributed by atoms with van der Waals surface area (Å²) in [6.45, 7) is 0.474. The number of carboxylic acids is 1. The van der Waals surface area contributed by atoms with Gasteiger partial charge in [-0.15, -0.1) is 0 Å². The number of rotatable bonds is 11. The monoisotopic (exact) mass is 551 g/mol. The SMILES string of the molecule is COc1ccc2ncc(CF)c([C@@H](F)CCC3(C(=O)O)CCN(CCNc4cc(F)cc(F)c4F)CC3)c2c1. The molecule has 6 nitrogen and oxygen atoms in total. The summed E-state index contributed by atoms with van der Waals surface area (Å²) in [5.74, 6) is -3.90. The summed E-state index contributed by atoms with van der Waals surface area (Å²) in [5.41, 5.74) is -0.674. The number of anilines is 1. The highest BCUT2D eigenvalue weighted by Crippen LogP contribution is 2.41. The quantitative estimate of drug-likeness (QED) is 0.218. The number of nitrogens with one attached hydrogen (secondary N) is 1. The molecule has 0 radical (unpaired) electrons. The van der Waals surface area contributed by atoms with Crippen LogP contribution >= 0.6 is 0 Å². The van der Waals surface area contributed by atoms with Crippen LogP contribution in [0.3, 0.4) is 0 Å². The fourth-order valence-electron chi connectivity index (χ4n) is 5.19. The maximum Gasteiger partial charge on any atom is 0.309 e. The van der Waals surface area contributed by atoms with E-state index in [-0.39, 0.29) is 49.0 Å². The number of halogens is 5. The molecule has 0 saturated carbocycles. The van der Waals surface area contributed by atoms with E-state index in [9.17, 15) is 27.5 Å². The van der Waals surface area contributed by atoms with Gasteiger partial charge in [-0.25, -0.2) is 22.0 Å². The lowest BCUT2D eigenvalue weighted by atomic mass is 9.74. The van der Waals surface area contributed by atoms with Crippen LogP contribution in [-0.4, -0.2) is 54.2 Å². The number of hydrogen-bond donors (Lipinski definition) is 2. The average Bonchev–Trinajstić information content (AvgIpc) is 2.93. The zero-order valence-corrected chi connectivity index (χ0v) is 21.5. The molecule has 0 amide bonds. The smallest absolute Gasteiger partial charge is 0.309 e. The third-order valence-corrected chi connectivity index (χ3v) is 7.54. The molecule has 1 fully saturated rings. The number of benzene rings is 2. The number of carbonyl (C=O) groups is 1. The van der Waals surface area contributed by atoms with Crippen molar-refractivity contribution in [2.75, 3.05) is 38.6 Å². The second kappa shape index (κ2) is 12.1. The molecule has 0 spiro atoms. The minimum Gasteiger partial charge on any atom is -0.497 e. The molecule has 2 aromatic carbocycles. The first-order valence-electron chi connectivity index (χ1n) is 12.7. The topological polar surface area (TPSA) is 74.7 Å². The largest absolute Gasteiger partial charge is 0.497 e. The van der Waals surface area contributed by atoms with E-state index < -0.39 is 41.7 Å². The highest BCUT2D eigenvalue weighted by atomic mass is 19.2. The van der Waals surface area contributed by atoms with Crippen LogP contribution < -0.4 is 10.1 Å². The standard InChI is InChI=1S/C28H30F5N3O3/c1-39-19-2-3-23-20(14-19)25(17(15-29)16-35-23)21(31)4-5-28(27(37)38)6-9-36(10-7-28)11-8-34-24-13-18(30)12-22(32)26(24)33/h2-3,12-14,16,21,34H,4-11,15H2,1H3,(H,37,38)/t21-/m0/s1. The van der Waals surface area contributed by atoms with Gasteiger partial charge in [-0.3, -0.25) is 9.78 Å². The van der Waals surface area contributed by atoms with Crippen LogP contribution in [0, 0.1) is 22.9 Å². The first kappa shape index (κ1) is 28.5. The number of ether oxygens (including phenoxy) is 1. The van der Waals surface area contributed by atoms with Gasteiger partial charge < -0.3 is 20.1 Å². The molecule has 4 rings (SSSR count). The molecule has 2 heterocycles. The molecule has 1 aliphatic heterocycles. The molecule has 0 aliphatic carbocycles. The Bertz CT molecular complexity index is 1330. The van der Waals surface area contributed by atoms with Gasteiger partial charge in [0.25, 0.3) is 0 Å². The molecular weight excluding hydrogens is 521 g/mol. The number of nitrogens with zero attached hydrogens (tertiary/aromatic N) is 2. The van der Waals surface area contributed by atoms with Gasteiger partial charge in [-0.1, -0.05) is 0 Å². The van der Waals surface area contributed by atoms with Gasteiger partial charge in [0.1, 0.15) is 24.4 Å². The van der Waals surface area contributed by atoms with Gasteiger partial charge in [0.05, 0.1) is 23.7 Å². The van der Waals surface area contributed by atoms with Crippen molar-refractivity contribution >= 4 is 22.6 Å². The Morgan fingerprint density at radius 3 is 2.62 bits per heavy atom. The first-order chi connectivity index (χ1) is 18.7. The van der Waals surface area contributed by atoms with Gasteiger partial charge in [0, 0.05) is 47.9 Å². The highest BCUT2D eigenvalue weighted by Gasteiger charge is 2.41. The van der Waals surface area contributed by atoms with Crippen molar-refractivity contribution < 1.29 is 36.6 Å². The summed E-state index contributed by atoms with van der Waals surface area (Å²) >= 11 is 0. The molecule has 0 unspecified atom stereocenters. The molecule has 210 valence electrons. The van der Waals surface area contributed by atoms with Gasteiger partial charge in [0.2, 0.25) is 0 Å². The van der Waals surface area contributed by atoms with Crippen LogP contribution in [0.1, 0.15) is 43.0 Å². The number of hydrogen-bond acceptors (Lipinski definition) is 5. The van der Waals surface area contributed by atoms with E-state index in [0.717, 1.165) is 6.07 Å². The molecule has 1 aromatic heterocycles. The molecule has 3 aromatic rings. The van der Waals surface area contributed by atoms with E-state index in [1.807, 2.05) is 4.90 Å².